The number of aromatic amines is 1. The fraction of sp³-hybridized carbons (Fsp3) is 0.500. The Balaban J connectivity index is 2.38. The van der Waals surface area contributed by atoms with Crippen LogP contribution < -0.4 is 11.1 Å². The zero-order valence-electron chi connectivity index (χ0n) is 8.45. The number of anilines is 1. The molecule has 4 N–H and O–H groups in total. The molecule has 84 valence electrons. The third-order valence-corrected chi connectivity index (χ3v) is 3.14. The third-order valence-electron chi connectivity index (χ3n) is 1.83. The fourth-order valence-electron chi connectivity index (χ4n) is 0.988. The van der Waals surface area contributed by atoms with Gasteiger partial charge in [-0.05, 0) is 0 Å². The first-order chi connectivity index (χ1) is 7.15. The molecule has 0 bridgehead atoms. The SMILES string of the molecule is CCS(=O)CCNC(=O)c1[nH]ncc1N. The molecule has 0 radical (unpaired) electrons. The molecule has 0 aliphatic heterocycles. The van der Waals surface area contributed by atoms with Gasteiger partial charge in [0.15, 0.2) is 0 Å². The van der Waals surface area contributed by atoms with E-state index in [0.29, 0.717) is 23.7 Å². The largest absolute Gasteiger partial charge is 0.396 e. The molecule has 0 saturated heterocycles. The highest BCUT2D eigenvalue weighted by Crippen LogP contribution is 2.04. The Morgan fingerprint density at radius 3 is 3.00 bits per heavy atom. The molecule has 0 saturated carbocycles. The molecular weight excluding hydrogens is 216 g/mol. The topological polar surface area (TPSA) is 101 Å². The first-order valence-corrected chi connectivity index (χ1v) is 6.06. The first-order valence-electron chi connectivity index (χ1n) is 4.57. The maximum Gasteiger partial charge on any atom is 0.271 e. The second-order valence-corrected chi connectivity index (χ2v) is 4.75. The van der Waals surface area contributed by atoms with Crippen molar-refractivity contribution in [1.29, 1.82) is 0 Å². The van der Waals surface area contributed by atoms with Gasteiger partial charge in [-0.2, -0.15) is 5.10 Å². The molecule has 0 aliphatic rings. The van der Waals surface area contributed by atoms with Crippen LogP contribution in [0.25, 0.3) is 0 Å². The second kappa shape index (κ2) is 5.50. The highest BCUT2D eigenvalue weighted by atomic mass is 32.2. The van der Waals surface area contributed by atoms with Crippen molar-refractivity contribution in [3.8, 4) is 0 Å². The van der Waals surface area contributed by atoms with Gasteiger partial charge in [-0.1, -0.05) is 6.92 Å². The van der Waals surface area contributed by atoms with E-state index in [0.717, 1.165) is 0 Å². The minimum Gasteiger partial charge on any atom is -0.396 e. The van der Waals surface area contributed by atoms with Crippen molar-refractivity contribution in [2.75, 3.05) is 23.8 Å². The van der Waals surface area contributed by atoms with Crippen molar-refractivity contribution in [3.05, 3.63) is 11.9 Å². The molecule has 6 nitrogen and oxygen atoms in total. The van der Waals surface area contributed by atoms with E-state index in [1.54, 1.807) is 0 Å². The average molecular weight is 230 g/mol. The summed E-state index contributed by atoms with van der Waals surface area (Å²) in [7, 11) is -0.867. The third kappa shape index (κ3) is 3.35. The van der Waals surface area contributed by atoms with Crippen LogP contribution in [0.1, 0.15) is 17.4 Å². The molecule has 1 rings (SSSR count). The summed E-state index contributed by atoms with van der Waals surface area (Å²) in [5.74, 6) is 0.733. The average Bonchev–Trinajstić information content (AvgIpc) is 2.64. The summed E-state index contributed by atoms with van der Waals surface area (Å²) in [6.07, 6.45) is 1.37. The van der Waals surface area contributed by atoms with Gasteiger partial charge in [0.1, 0.15) is 5.69 Å². The molecule has 0 aromatic carbocycles. The van der Waals surface area contributed by atoms with Crippen LogP contribution in [-0.2, 0) is 10.8 Å². The van der Waals surface area contributed by atoms with Gasteiger partial charge in [-0.3, -0.25) is 14.1 Å². The molecule has 0 aliphatic carbocycles. The number of nitrogens with two attached hydrogens (primary N) is 1. The first kappa shape index (κ1) is 11.7. The molecule has 1 amide bonds. The molecule has 1 unspecified atom stereocenters. The predicted octanol–water partition coefficient (Wildman–Crippen LogP) is -0.510. The lowest BCUT2D eigenvalue weighted by Crippen LogP contribution is -2.28. The van der Waals surface area contributed by atoms with Crippen molar-refractivity contribution < 1.29 is 9.00 Å². The van der Waals surface area contributed by atoms with Gasteiger partial charge < -0.3 is 11.1 Å². The van der Waals surface area contributed by atoms with Crippen LogP contribution in [0, 0.1) is 0 Å². The Morgan fingerprint density at radius 2 is 2.47 bits per heavy atom. The zero-order valence-corrected chi connectivity index (χ0v) is 9.26. The summed E-state index contributed by atoms with van der Waals surface area (Å²) in [5, 5.41) is 8.73. The van der Waals surface area contributed by atoms with Crippen LogP contribution in [0.15, 0.2) is 6.20 Å². The summed E-state index contributed by atoms with van der Waals surface area (Å²) in [6, 6.07) is 0. The second-order valence-electron chi connectivity index (χ2n) is 2.89. The standard InChI is InChI=1S/C8H14N4O2S/c1-2-15(14)4-3-10-8(13)7-6(9)5-11-12-7/h5H,2-4,9H2,1H3,(H,10,13)(H,11,12). The summed E-state index contributed by atoms with van der Waals surface area (Å²) in [5.41, 5.74) is 6.04. The minimum absolute atomic E-state index is 0.247. The fourth-order valence-corrected chi connectivity index (χ4v) is 1.61. The number of nitrogens with zero attached hydrogens (tertiary/aromatic N) is 1. The Hall–Kier alpha value is -1.37. The molecule has 1 aromatic rings. The number of amides is 1. The summed E-state index contributed by atoms with van der Waals surface area (Å²) in [4.78, 5) is 11.4. The van der Waals surface area contributed by atoms with E-state index in [4.69, 9.17) is 5.73 Å². The van der Waals surface area contributed by atoms with Gasteiger partial charge in [-0.15, -0.1) is 0 Å². The number of H-pyrrole nitrogens is 1. The lowest BCUT2D eigenvalue weighted by atomic mass is 10.3. The Labute approximate surface area is 90.1 Å². The van der Waals surface area contributed by atoms with Crippen LogP contribution in [0.4, 0.5) is 5.69 Å². The molecule has 1 heterocycles. The molecule has 7 heteroatoms. The number of carbonyl (C=O) groups excluding carboxylic acids is 1. The monoisotopic (exact) mass is 230 g/mol. The van der Waals surface area contributed by atoms with E-state index in [1.165, 1.54) is 6.20 Å². The van der Waals surface area contributed by atoms with Crippen molar-refractivity contribution in [2.24, 2.45) is 0 Å². The highest BCUT2D eigenvalue weighted by Gasteiger charge is 2.10. The maximum absolute atomic E-state index is 11.4. The van der Waals surface area contributed by atoms with Crippen molar-refractivity contribution in [1.82, 2.24) is 15.5 Å². The van der Waals surface area contributed by atoms with E-state index in [2.05, 4.69) is 15.5 Å². The van der Waals surface area contributed by atoms with Gasteiger partial charge in [0.05, 0.1) is 11.9 Å². The van der Waals surface area contributed by atoms with Gasteiger partial charge in [0.2, 0.25) is 0 Å². The Morgan fingerprint density at radius 1 is 1.73 bits per heavy atom. The Kier molecular flexibility index (Phi) is 4.29. The van der Waals surface area contributed by atoms with Gasteiger partial charge in [0, 0.05) is 28.9 Å². The molecular formula is C8H14N4O2S. The zero-order chi connectivity index (χ0) is 11.3. The lowest BCUT2D eigenvalue weighted by Gasteiger charge is -2.03. The summed E-state index contributed by atoms with van der Waals surface area (Å²) >= 11 is 0. The van der Waals surface area contributed by atoms with E-state index in [1.807, 2.05) is 6.92 Å². The molecule has 0 fully saturated rings. The molecule has 0 spiro atoms. The van der Waals surface area contributed by atoms with Crippen LogP contribution in [0.2, 0.25) is 0 Å². The maximum atomic E-state index is 11.4. The van der Waals surface area contributed by atoms with Gasteiger partial charge >= 0.3 is 0 Å². The van der Waals surface area contributed by atoms with Crippen LogP contribution in [0.5, 0.6) is 0 Å². The van der Waals surface area contributed by atoms with Gasteiger partial charge in [0.25, 0.3) is 5.91 Å². The normalized spacial score (nSPS) is 12.3. The number of rotatable bonds is 5. The molecule has 15 heavy (non-hydrogen) atoms. The van der Waals surface area contributed by atoms with Crippen LogP contribution in [0.3, 0.4) is 0 Å². The number of hydrogen-bond acceptors (Lipinski definition) is 4. The molecule has 1 aromatic heterocycles. The van der Waals surface area contributed by atoms with E-state index < -0.39 is 10.8 Å². The quantitative estimate of drug-likeness (QED) is 0.634. The minimum atomic E-state index is -0.867. The Bertz CT molecular complexity index is 363. The van der Waals surface area contributed by atoms with Gasteiger partial charge in [-0.25, -0.2) is 0 Å². The predicted molar refractivity (Wildman–Crippen MR) is 58.9 cm³/mol. The van der Waals surface area contributed by atoms with Crippen molar-refractivity contribution >= 4 is 22.4 Å². The highest BCUT2D eigenvalue weighted by molar-refractivity contribution is 7.84. The number of nitrogen functional groups attached to an aromatic ring is 1. The smallest absolute Gasteiger partial charge is 0.271 e. The van der Waals surface area contributed by atoms with Crippen molar-refractivity contribution in [2.45, 2.75) is 6.92 Å². The number of nitrogens with one attached hydrogen (secondary N) is 2. The number of aromatic nitrogens is 2. The number of carbonyl (C=O) groups is 1. The van der Waals surface area contributed by atoms with E-state index in [9.17, 15) is 9.00 Å². The lowest BCUT2D eigenvalue weighted by molar-refractivity contribution is 0.0952. The van der Waals surface area contributed by atoms with E-state index >= 15 is 0 Å². The van der Waals surface area contributed by atoms with Crippen molar-refractivity contribution in [3.63, 3.8) is 0 Å². The number of hydrogen-bond donors (Lipinski definition) is 3. The van der Waals surface area contributed by atoms with Crippen LogP contribution >= 0.6 is 0 Å². The summed E-state index contributed by atoms with van der Waals surface area (Å²) < 4.78 is 11.1. The summed E-state index contributed by atoms with van der Waals surface area (Å²) in [6.45, 7) is 2.21. The van der Waals surface area contributed by atoms with E-state index in [-0.39, 0.29) is 11.6 Å². The molecule has 1 atom stereocenters. The van der Waals surface area contributed by atoms with Crippen LogP contribution in [-0.4, -0.2) is 38.4 Å².